The molecule has 3 heteroatoms. The van der Waals surface area contributed by atoms with Crippen LogP contribution >= 0.6 is 0 Å². The van der Waals surface area contributed by atoms with Crippen LogP contribution in [-0.4, -0.2) is 28.4 Å². The van der Waals surface area contributed by atoms with Crippen molar-refractivity contribution in [3.05, 3.63) is 167 Å². The van der Waals surface area contributed by atoms with Gasteiger partial charge < -0.3 is 9.47 Å². The lowest BCUT2D eigenvalue weighted by Gasteiger charge is -2.33. The molecule has 3 nitrogen and oxygen atoms in total. The fourth-order valence-corrected chi connectivity index (χ4v) is 4.91. The van der Waals surface area contributed by atoms with Crippen molar-refractivity contribution >= 4 is 0 Å². The van der Waals surface area contributed by atoms with Crippen LogP contribution in [0.25, 0.3) is 11.1 Å². The van der Waals surface area contributed by atoms with E-state index in [1.807, 2.05) is 93.5 Å². The molecular weight excluding hydrogens is 635 g/mol. The first-order valence-electron chi connectivity index (χ1n) is 17.7. The summed E-state index contributed by atoms with van der Waals surface area (Å²) in [5.74, 6) is 0. The van der Waals surface area contributed by atoms with Crippen molar-refractivity contribution in [2.24, 2.45) is 0 Å². The summed E-state index contributed by atoms with van der Waals surface area (Å²) in [6, 6.07) is 50.6. The predicted molar refractivity (Wildman–Crippen MR) is 238 cm³/mol. The number of hydrogen-bond acceptors (Lipinski definition) is 3. The highest BCUT2D eigenvalue weighted by Crippen LogP contribution is 2.55. The molecule has 0 N–H and O–H groups in total. The number of hydrogen-bond donors (Lipinski definition) is 0. The van der Waals surface area contributed by atoms with E-state index in [0.29, 0.717) is 5.56 Å². The van der Waals surface area contributed by atoms with Gasteiger partial charge in [0.05, 0.1) is 17.0 Å². The molecule has 5 aromatic carbocycles. The first kappa shape index (κ1) is 59.6. The highest BCUT2D eigenvalue weighted by molar-refractivity contribution is 5.86. The zero-order valence-corrected chi connectivity index (χ0v) is 33.0. The molecule has 5 aromatic rings. The molecular formula is C49H77NO2. The van der Waals surface area contributed by atoms with Crippen LogP contribution in [0.1, 0.15) is 119 Å². The van der Waals surface area contributed by atoms with Gasteiger partial charge >= 0.3 is 0 Å². The third kappa shape index (κ3) is 17.6. The van der Waals surface area contributed by atoms with E-state index in [1.54, 1.807) is 40.6 Å². The van der Waals surface area contributed by atoms with E-state index in [9.17, 15) is 0 Å². The Kier molecular flexibility index (Phi) is 47.0. The van der Waals surface area contributed by atoms with E-state index < -0.39 is 0 Å². The largest absolute Gasteiger partial charge is 0.388 e. The van der Waals surface area contributed by atoms with Crippen LogP contribution in [0.4, 0.5) is 0 Å². The van der Waals surface area contributed by atoms with Crippen LogP contribution in [0.5, 0.6) is 0 Å². The highest BCUT2D eigenvalue weighted by Gasteiger charge is 2.45. The van der Waals surface area contributed by atoms with Gasteiger partial charge in [0, 0.05) is 28.4 Å². The summed E-state index contributed by atoms with van der Waals surface area (Å²) < 4.78 is 8.50. The number of ether oxygens (including phenoxy) is 2. The molecule has 0 spiro atoms. The van der Waals surface area contributed by atoms with Gasteiger partial charge in [-0.25, -0.2) is 0 Å². The number of benzene rings is 5. The summed E-state index contributed by atoms with van der Waals surface area (Å²) in [4.78, 5) is 0. The van der Waals surface area contributed by atoms with Crippen molar-refractivity contribution in [3.63, 3.8) is 0 Å². The number of nitriles is 1. The van der Waals surface area contributed by atoms with Crippen LogP contribution < -0.4 is 0 Å². The molecule has 0 atom stereocenters. The molecule has 0 amide bonds. The summed E-state index contributed by atoms with van der Waals surface area (Å²) in [5, 5.41) is 8.29. The minimum absolute atomic E-state index is 0. The molecule has 0 fully saturated rings. The minimum Gasteiger partial charge on any atom is -0.388 e. The molecule has 0 unspecified atom stereocenters. The lowest BCUT2D eigenvalue weighted by molar-refractivity contribution is 0.277. The molecule has 1 aliphatic carbocycles. The van der Waals surface area contributed by atoms with Gasteiger partial charge in [0.15, 0.2) is 0 Å². The summed E-state index contributed by atoms with van der Waals surface area (Å²) in [6.07, 6.45) is 0. The zero-order chi connectivity index (χ0) is 37.9. The minimum atomic E-state index is -0.254. The SMILES string of the molecule is C.C.C.CC.CC.CC.CC.CC.COC.COC.N#Cc1ccccc1.c1ccc(C2(c3ccccc3)c3ccccc3-c3ccccc32)cc1. The van der Waals surface area contributed by atoms with E-state index in [1.165, 1.54) is 33.4 Å². The molecule has 6 rings (SSSR count). The average molecular weight is 712 g/mol. The smallest absolute Gasteiger partial charge is 0.0991 e. The second-order valence-corrected chi connectivity index (χ2v) is 8.87. The summed E-state index contributed by atoms with van der Waals surface area (Å²) in [7, 11) is 6.50. The summed E-state index contributed by atoms with van der Waals surface area (Å²) >= 11 is 0. The number of rotatable bonds is 2. The highest BCUT2D eigenvalue weighted by atomic mass is 16.5. The second-order valence-electron chi connectivity index (χ2n) is 8.87. The van der Waals surface area contributed by atoms with Gasteiger partial charge in [-0.15, -0.1) is 0 Å². The molecule has 0 heterocycles. The maximum Gasteiger partial charge on any atom is 0.0991 e. The first-order chi connectivity index (χ1) is 24.2. The van der Waals surface area contributed by atoms with E-state index in [-0.39, 0.29) is 27.7 Å². The molecule has 0 radical (unpaired) electrons. The predicted octanol–water partition coefficient (Wildman–Crippen LogP) is 15.2. The van der Waals surface area contributed by atoms with E-state index >= 15 is 0 Å². The molecule has 0 bridgehead atoms. The normalized spacial score (nSPS) is 9.17. The first-order valence-corrected chi connectivity index (χ1v) is 17.7. The van der Waals surface area contributed by atoms with Crippen molar-refractivity contribution in [1.82, 2.24) is 0 Å². The number of methoxy groups -OCH3 is 2. The van der Waals surface area contributed by atoms with E-state index in [4.69, 9.17) is 5.26 Å². The maximum atomic E-state index is 8.29. The summed E-state index contributed by atoms with van der Waals surface area (Å²) in [6.45, 7) is 20.0. The third-order valence-corrected chi connectivity index (χ3v) is 6.27. The van der Waals surface area contributed by atoms with Crippen LogP contribution in [0.2, 0.25) is 0 Å². The maximum absolute atomic E-state index is 8.29. The monoisotopic (exact) mass is 712 g/mol. The lowest BCUT2D eigenvalue weighted by atomic mass is 9.68. The van der Waals surface area contributed by atoms with Crippen LogP contribution in [0, 0.1) is 11.3 Å². The topological polar surface area (TPSA) is 42.2 Å². The molecule has 0 aliphatic heterocycles. The second kappa shape index (κ2) is 40.9. The third-order valence-electron chi connectivity index (χ3n) is 6.27. The molecule has 1 aliphatic rings. The van der Waals surface area contributed by atoms with Gasteiger partial charge in [-0.2, -0.15) is 5.26 Å². The Hall–Kier alpha value is -4.49. The Labute approximate surface area is 323 Å². The van der Waals surface area contributed by atoms with Crippen LogP contribution in [0.15, 0.2) is 140 Å². The number of fused-ring (bicyclic) bond motifs is 3. The number of nitrogens with zero attached hydrogens (tertiary/aromatic N) is 1. The van der Waals surface area contributed by atoms with E-state index in [0.717, 1.165) is 0 Å². The fourth-order valence-electron chi connectivity index (χ4n) is 4.91. The Bertz CT molecular complexity index is 1350. The Balaban J connectivity index is -0.000000165. The Morgan fingerprint density at radius 3 is 0.865 bits per heavy atom. The van der Waals surface area contributed by atoms with Gasteiger partial charge in [0.1, 0.15) is 0 Å². The van der Waals surface area contributed by atoms with Gasteiger partial charge in [0.2, 0.25) is 0 Å². The van der Waals surface area contributed by atoms with Crippen molar-refractivity contribution < 1.29 is 9.47 Å². The average Bonchev–Trinajstić information content (AvgIpc) is 3.52. The molecule has 52 heavy (non-hydrogen) atoms. The van der Waals surface area contributed by atoms with Crippen molar-refractivity contribution in [2.75, 3.05) is 28.4 Å². The quantitative estimate of drug-likeness (QED) is 0.180. The van der Waals surface area contributed by atoms with Crippen LogP contribution in [-0.2, 0) is 14.9 Å². The Morgan fingerprint density at radius 1 is 0.385 bits per heavy atom. The van der Waals surface area contributed by atoms with Crippen molar-refractivity contribution in [3.8, 4) is 17.2 Å². The molecule has 0 aromatic heterocycles. The summed E-state index contributed by atoms with van der Waals surface area (Å²) in [5.41, 5.74) is 8.51. The van der Waals surface area contributed by atoms with E-state index in [2.05, 4.69) is 119 Å². The molecule has 0 saturated heterocycles. The molecule has 0 saturated carbocycles. The van der Waals surface area contributed by atoms with Gasteiger partial charge in [0.25, 0.3) is 0 Å². The zero-order valence-electron chi connectivity index (χ0n) is 33.0. The molecule has 290 valence electrons. The lowest BCUT2D eigenvalue weighted by Crippen LogP contribution is -2.28. The van der Waals surface area contributed by atoms with Gasteiger partial charge in [-0.3, -0.25) is 0 Å². The standard InChI is InChI=1S/C25H18.C7H5N.2C2H6O.5C2H6.3CH4/c1-3-11-19(12-4-1)25(20-13-5-2-6-14-20)23-17-9-7-15-21(23)22-16-8-10-18-24(22)25;8-6-7-4-2-1-3-5-7;2*1-3-2;5*1-2;;;/h1-18H;1-5H;2*1-2H3;5*1-2H3;3*1H4. The van der Waals surface area contributed by atoms with Crippen molar-refractivity contribution in [1.29, 1.82) is 5.26 Å². The fraction of sp³-hybridized carbons (Fsp3) is 0.367. The Morgan fingerprint density at radius 2 is 0.615 bits per heavy atom. The van der Waals surface area contributed by atoms with Gasteiger partial charge in [-0.1, -0.05) is 219 Å². The van der Waals surface area contributed by atoms with Crippen LogP contribution in [0.3, 0.4) is 0 Å². The van der Waals surface area contributed by atoms with Gasteiger partial charge in [-0.05, 0) is 45.5 Å². The van der Waals surface area contributed by atoms with Crippen molar-refractivity contribution in [2.45, 2.75) is 96.9 Å².